The number of benzene rings is 1. The molecule has 2 N–H and O–H groups in total. The van der Waals surface area contributed by atoms with E-state index in [1.807, 2.05) is 12.3 Å². The Hall–Kier alpha value is -1.68. The highest BCUT2D eigenvalue weighted by Crippen LogP contribution is 2.27. The van der Waals surface area contributed by atoms with E-state index in [0.29, 0.717) is 5.01 Å². The normalized spacial score (nSPS) is 10.5. The maximum atomic E-state index is 11.0. The van der Waals surface area contributed by atoms with Crippen molar-refractivity contribution in [2.24, 2.45) is 5.73 Å². The first-order valence-corrected chi connectivity index (χ1v) is 6.20. The van der Waals surface area contributed by atoms with Gasteiger partial charge in [-0.15, -0.1) is 11.3 Å². The zero-order chi connectivity index (χ0) is 12.6. The van der Waals surface area contributed by atoms with Gasteiger partial charge in [-0.1, -0.05) is 6.07 Å². The second kappa shape index (κ2) is 4.30. The molecule has 1 amide bonds. The highest BCUT2D eigenvalue weighted by Gasteiger charge is 2.11. The van der Waals surface area contributed by atoms with E-state index in [4.69, 9.17) is 5.73 Å². The first-order chi connectivity index (χ1) is 7.99. The van der Waals surface area contributed by atoms with Gasteiger partial charge in [0.2, 0.25) is 0 Å². The number of primary amides is 1. The molecule has 1 aromatic carbocycles. The number of thiazole rings is 1. The summed E-state index contributed by atoms with van der Waals surface area (Å²) in [6, 6.07) is 4.23. The summed E-state index contributed by atoms with van der Waals surface area (Å²) in [5.41, 5.74) is 10.7. The largest absolute Gasteiger partial charge is 0.364 e. The molecular formula is C13H14N2OS. The zero-order valence-corrected chi connectivity index (χ0v) is 10.9. The third-order valence-corrected chi connectivity index (χ3v) is 3.69. The van der Waals surface area contributed by atoms with E-state index in [9.17, 15) is 4.79 Å². The number of carbonyl (C=O) groups excluding carboxylic acids is 1. The van der Waals surface area contributed by atoms with Crippen molar-refractivity contribution in [2.75, 3.05) is 0 Å². The van der Waals surface area contributed by atoms with Crippen LogP contribution in [-0.4, -0.2) is 10.9 Å². The number of nitrogens with zero attached hydrogens (tertiary/aromatic N) is 1. The minimum atomic E-state index is -0.470. The maximum absolute atomic E-state index is 11.0. The molecule has 0 fully saturated rings. The van der Waals surface area contributed by atoms with Crippen LogP contribution >= 0.6 is 11.3 Å². The SMILES string of the molecule is Cc1cc(C)c(-c2csc(C(N)=O)n2)cc1C. The smallest absolute Gasteiger partial charge is 0.277 e. The second-order valence-corrected chi connectivity index (χ2v) is 5.01. The van der Waals surface area contributed by atoms with Gasteiger partial charge in [-0.3, -0.25) is 4.79 Å². The van der Waals surface area contributed by atoms with Crippen LogP contribution in [0.4, 0.5) is 0 Å². The molecule has 88 valence electrons. The van der Waals surface area contributed by atoms with Crippen molar-refractivity contribution in [1.29, 1.82) is 0 Å². The van der Waals surface area contributed by atoms with E-state index in [1.54, 1.807) is 0 Å². The number of rotatable bonds is 2. The molecule has 2 rings (SSSR count). The molecule has 0 saturated heterocycles. The Labute approximate surface area is 104 Å². The highest BCUT2D eigenvalue weighted by atomic mass is 32.1. The Morgan fingerprint density at radius 3 is 2.41 bits per heavy atom. The lowest BCUT2D eigenvalue weighted by molar-refractivity contribution is 0.1000. The van der Waals surface area contributed by atoms with E-state index in [1.165, 1.54) is 22.5 Å². The fourth-order valence-electron chi connectivity index (χ4n) is 1.75. The summed E-state index contributed by atoms with van der Waals surface area (Å²) in [6.45, 7) is 6.20. The Morgan fingerprint density at radius 2 is 1.82 bits per heavy atom. The molecule has 1 aromatic heterocycles. The van der Waals surface area contributed by atoms with Crippen LogP contribution in [0.5, 0.6) is 0 Å². The quantitative estimate of drug-likeness (QED) is 0.885. The summed E-state index contributed by atoms with van der Waals surface area (Å²) in [5.74, 6) is -0.470. The number of aromatic nitrogens is 1. The fraction of sp³-hybridized carbons (Fsp3) is 0.231. The van der Waals surface area contributed by atoms with Crippen LogP contribution in [-0.2, 0) is 0 Å². The van der Waals surface area contributed by atoms with Gasteiger partial charge in [0.25, 0.3) is 5.91 Å². The van der Waals surface area contributed by atoms with E-state index >= 15 is 0 Å². The third kappa shape index (κ3) is 2.22. The van der Waals surface area contributed by atoms with E-state index in [-0.39, 0.29) is 0 Å². The summed E-state index contributed by atoms with van der Waals surface area (Å²) >= 11 is 1.29. The summed E-state index contributed by atoms with van der Waals surface area (Å²) in [7, 11) is 0. The van der Waals surface area contributed by atoms with Gasteiger partial charge in [-0.2, -0.15) is 0 Å². The Morgan fingerprint density at radius 1 is 1.18 bits per heavy atom. The summed E-state index contributed by atoms with van der Waals surface area (Å²) in [5, 5.41) is 2.23. The molecule has 3 nitrogen and oxygen atoms in total. The van der Waals surface area contributed by atoms with Gasteiger partial charge in [0, 0.05) is 10.9 Å². The summed E-state index contributed by atoms with van der Waals surface area (Å²) < 4.78 is 0. The molecule has 2 aromatic rings. The first-order valence-electron chi connectivity index (χ1n) is 5.32. The minimum Gasteiger partial charge on any atom is -0.364 e. The molecule has 0 aliphatic heterocycles. The van der Waals surface area contributed by atoms with Gasteiger partial charge < -0.3 is 5.73 Å². The van der Waals surface area contributed by atoms with Gasteiger partial charge in [0.1, 0.15) is 0 Å². The van der Waals surface area contributed by atoms with Gasteiger partial charge in [0.15, 0.2) is 5.01 Å². The van der Waals surface area contributed by atoms with Crippen molar-refractivity contribution in [2.45, 2.75) is 20.8 Å². The molecule has 0 unspecified atom stereocenters. The van der Waals surface area contributed by atoms with Crippen molar-refractivity contribution in [3.05, 3.63) is 39.2 Å². The lowest BCUT2D eigenvalue weighted by atomic mass is 9.99. The molecule has 0 spiro atoms. The molecule has 0 bridgehead atoms. The Kier molecular flexibility index (Phi) is 2.98. The van der Waals surface area contributed by atoms with Crippen molar-refractivity contribution in [1.82, 2.24) is 4.98 Å². The molecule has 4 heteroatoms. The predicted molar refractivity (Wildman–Crippen MR) is 70.3 cm³/mol. The molecule has 0 atom stereocenters. The van der Waals surface area contributed by atoms with Crippen molar-refractivity contribution in [3.63, 3.8) is 0 Å². The molecule has 0 saturated carbocycles. The predicted octanol–water partition coefficient (Wildman–Crippen LogP) is 2.83. The van der Waals surface area contributed by atoms with Crippen LogP contribution < -0.4 is 5.73 Å². The highest BCUT2D eigenvalue weighted by molar-refractivity contribution is 7.12. The standard InChI is InChI=1S/C13H14N2OS/c1-7-4-9(3)10(5-8(7)2)11-6-17-13(15-11)12(14)16/h4-6H,1-3H3,(H2,14,16). The van der Waals surface area contributed by atoms with Crippen LogP contribution in [0, 0.1) is 20.8 Å². The van der Waals surface area contributed by atoms with Crippen molar-refractivity contribution in [3.8, 4) is 11.3 Å². The topological polar surface area (TPSA) is 56.0 Å². The van der Waals surface area contributed by atoms with Gasteiger partial charge in [0.05, 0.1) is 5.69 Å². The molecule has 17 heavy (non-hydrogen) atoms. The van der Waals surface area contributed by atoms with Crippen LogP contribution in [0.15, 0.2) is 17.5 Å². The van der Waals surface area contributed by atoms with Gasteiger partial charge in [-0.25, -0.2) is 4.98 Å². The van der Waals surface area contributed by atoms with Crippen LogP contribution in [0.3, 0.4) is 0 Å². The number of hydrogen-bond acceptors (Lipinski definition) is 3. The molecule has 0 aliphatic carbocycles. The average molecular weight is 246 g/mol. The molecular weight excluding hydrogens is 232 g/mol. The van der Waals surface area contributed by atoms with E-state index in [0.717, 1.165) is 16.8 Å². The monoisotopic (exact) mass is 246 g/mol. The number of carbonyl (C=O) groups is 1. The van der Waals surface area contributed by atoms with E-state index < -0.39 is 5.91 Å². The number of aryl methyl sites for hydroxylation is 3. The fourth-order valence-corrected chi connectivity index (χ4v) is 2.42. The Bertz CT molecular complexity index is 587. The average Bonchev–Trinajstić information content (AvgIpc) is 2.72. The number of amides is 1. The lowest BCUT2D eigenvalue weighted by Gasteiger charge is -2.07. The number of nitrogens with two attached hydrogens (primary N) is 1. The summed E-state index contributed by atoms with van der Waals surface area (Å²) in [4.78, 5) is 15.3. The first kappa shape index (κ1) is 11.8. The van der Waals surface area contributed by atoms with Crippen LogP contribution in [0.2, 0.25) is 0 Å². The van der Waals surface area contributed by atoms with Gasteiger partial charge in [-0.05, 0) is 43.5 Å². The molecule has 0 radical (unpaired) electrons. The molecule has 1 heterocycles. The second-order valence-electron chi connectivity index (χ2n) is 4.15. The van der Waals surface area contributed by atoms with Crippen molar-refractivity contribution < 1.29 is 4.79 Å². The minimum absolute atomic E-state index is 0.359. The van der Waals surface area contributed by atoms with Crippen LogP contribution in [0.25, 0.3) is 11.3 Å². The van der Waals surface area contributed by atoms with E-state index in [2.05, 4.69) is 31.0 Å². The zero-order valence-electron chi connectivity index (χ0n) is 10.1. The summed E-state index contributed by atoms with van der Waals surface area (Å²) in [6.07, 6.45) is 0. The van der Waals surface area contributed by atoms with Crippen molar-refractivity contribution >= 4 is 17.2 Å². The maximum Gasteiger partial charge on any atom is 0.277 e. The van der Waals surface area contributed by atoms with Gasteiger partial charge >= 0.3 is 0 Å². The van der Waals surface area contributed by atoms with Crippen LogP contribution in [0.1, 0.15) is 26.5 Å². The Balaban J connectivity index is 2.52. The molecule has 0 aliphatic rings. The lowest BCUT2D eigenvalue weighted by Crippen LogP contribution is -2.10. The third-order valence-electron chi connectivity index (χ3n) is 2.83. The number of hydrogen-bond donors (Lipinski definition) is 1.